The van der Waals surface area contributed by atoms with E-state index in [9.17, 15) is 18.8 Å². The van der Waals surface area contributed by atoms with Crippen LogP contribution in [0.5, 0.6) is 0 Å². The van der Waals surface area contributed by atoms with Crippen LogP contribution >= 0.6 is 0 Å². The van der Waals surface area contributed by atoms with E-state index in [1.165, 1.54) is 13.1 Å². The van der Waals surface area contributed by atoms with Crippen LogP contribution in [0.1, 0.15) is 31.6 Å². The van der Waals surface area contributed by atoms with Gasteiger partial charge in [0, 0.05) is 24.6 Å². The molecule has 1 N–H and O–H groups in total. The molecule has 0 amide bonds. The molecular weight excluding hydrogens is 283 g/mol. The number of ether oxygens (including phenoxy) is 2. The van der Waals surface area contributed by atoms with E-state index >= 15 is 0 Å². The Bertz CT molecular complexity index is 638. The molecule has 1 unspecified atom stereocenters. The second-order valence-electron chi connectivity index (χ2n) is 4.90. The van der Waals surface area contributed by atoms with E-state index < -0.39 is 35.7 Å². The number of nitrogens with zero attached hydrogens (tertiary/aromatic N) is 1. The molecular formula is C13H17FN2O5. The van der Waals surface area contributed by atoms with Crippen molar-refractivity contribution < 1.29 is 18.7 Å². The number of aromatic nitrogens is 2. The van der Waals surface area contributed by atoms with Crippen molar-refractivity contribution in [1.29, 1.82) is 0 Å². The number of alkyl halides is 1. The van der Waals surface area contributed by atoms with Crippen molar-refractivity contribution in [2.75, 3.05) is 6.61 Å². The van der Waals surface area contributed by atoms with E-state index in [4.69, 9.17) is 9.47 Å². The van der Waals surface area contributed by atoms with Gasteiger partial charge in [-0.1, -0.05) is 6.92 Å². The molecule has 1 saturated heterocycles. The van der Waals surface area contributed by atoms with E-state index in [1.807, 2.05) is 0 Å². The van der Waals surface area contributed by atoms with Crippen molar-refractivity contribution in [3.63, 3.8) is 0 Å². The summed E-state index contributed by atoms with van der Waals surface area (Å²) in [4.78, 5) is 36.2. The van der Waals surface area contributed by atoms with Gasteiger partial charge in [-0.3, -0.25) is 19.1 Å². The van der Waals surface area contributed by atoms with Gasteiger partial charge in [-0.25, -0.2) is 9.18 Å². The third-order valence-electron chi connectivity index (χ3n) is 3.32. The molecule has 0 spiro atoms. The van der Waals surface area contributed by atoms with Gasteiger partial charge in [-0.15, -0.1) is 0 Å². The first-order chi connectivity index (χ1) is 9.92. The summed E-state index contributed by atoms with van der Waals surface area (Å²) in [6.45, 7) is 2.98. The Morgan fingerprint density at radius 3 is 2.95 bits per heavy atom. The third kappa shape index (κ3) is 3.38. The molecule has 1 aromatic heterocycles. The molecule has 1 aliphatic heterocycles. The van der Waals surface area contributed by atoms with Gasteiger partial charge in [-0.05, 0) is 6.92 Å². The minimum atomic E-state index is -1.35. The third-order valence-corrected chi connectivity index (χ3v) is 3.32. The molecule has 0 aromatic carbocycles. The highest BCUT2D eigenvalue weighted by Crippen LogP contribution is 2.30. The molecule has 2 heterocycles. The summed E-state index contributed by atoms with van der Waals surface area (Å²) in [7, 11) is 0. The Morgan fingerprint density at radius 2 is 2.29 bits per heavy atom. The van der Waals surface area contributed by atoms with Gasteiger partial charge in [0.25, 0.3) is 5.56 Å². The van der Waals surface area contributed by atoms with Crippen molar-refractivity contribution >= 4 is 5.97 Å². The molecule has 0 aliphatic carbocycles. The first-order valence-electron chi connectivity index (χ1n) is 6.69. The summed E-state index contributed by atoms with van der Waals surface area (Å²) in [5.41, 5.74) is -0.817. The highest BCUT2D eigenvalue weighted by atomic mass is 19.1. The van der Waals surface area contributed by atoms with Crippen molar-refractivity contribution in [1.82, 2.24) is 9.55 Å². The van der Waals surface area contributed by atoms with Gasteiger partial charge in [0.15, 0.2) is 0 Å². The van der Waals surface area contributed by atoms with Gasteiger partial charge >= 0.3 is 11.7 Å². The summed E-state index contributed by atoms with van der Waals surface area (Å²) < 4.78 is 25.3. The Hall–Kier alpha value is -1.96. The average molecular weight is 300 g/mol. The van der Waals surface area contributed by atoms with Crippen molar-refractivity contribution in [2.45, 2.75) is 45.2 Å². The van der Waals surface area contributed by atoms with Crippen LogP contribution in [-0.2, 0) is 14.3 Å². The number of rotatable bonds is 4. The summed E-state index contributed by atoms with van der Waals surface area (Å²) in [5, 5.41) is 0. The van der Waals surface area contributed by atoms with E-state index in [0.29, 0.717) is 5.56 Å². The molecule has 0 saturated carbocycles. The quantitative estimate of drug-likeness (QED) is 0.814. The fourth-order valence-electron chi connectivity index (χ4n) is 2.09. The van der Waals surface area contributed by atoms with Crippen LogP contribution < -0.4 is 11.2 Å². The van der Waals surface area contributed by atoms with Crippen LogP contribution in [0.4, 0.5) is 4.39 Å². The number of esters is 1. The lowest BCUT2D eigenvalue weighted by molar-refractivity contribution is -0.149. The van der Waals surface area contributed by atoms with Crippen LogP contribution in [0.15, 0.2) is 15.8 Å². The molecule has 2 rings (SSSR count). The number of aryl methyl sites for hydroxylation is 1. The van der Waals surface area contributed by atoms with Gasteiger partial charge in [0.2, 0.25) is 0 Å². The second kappa shape index (κ2) is 6.21. The number of hydrogen-bond acceptors (Lipinski definition) is 5. The largest absolute Gasteiger partial charge is 0.463 e. The zero-order valence-electron chi connectivity index (χ0n) is 11.8. The lowest BCUT2D eigenvalue weighted by atomic mass is 10.2. The lowest BCUT2D eigenvalue weighted by Gasteiger charge is -2.15. The van der Waals surface area contributed by atoms with Crippen molar-refractivity contribution in [3.05, 3.63) is 32.6 Å². The monoisotopic (exact) mass is 300 g/mol. The number of H-pyrrole nitrogens is 1. The van der Waals surface area contributed by atoms with E-state index in [0.717, 1.165) is 4.57 Å². The minimum absolute atomic E-state index is 0.0419. The summed E-state index contributed by atoms with van der Waals surface area (Å²) >= 11 is 0. The SMILES string of the molecule is CCC(=O)OC[C@H]1O[C@@H](n2cc(C)c(=O)[nH]c2=O)CC1F. The summed E-state index contributed by atoms with van der Waals surface area (Å²) in [6.07, 6.45) is -1.60. The predicted octanol–water partition coefficient (Wildman–Crippen LogP) is 0.424. The van der Waals surface area contributed by atoms with Gasteiger partial charge in [0.05, 0.1) is 0 Å². The smallest absolute Gasteiger partial charge is 0.330 e. The molecule has 0 bridgehead atoms. The molecule has 8 heteroatoms. The number of aromatic amines is 1. The number of halogens is 1. The highest BCUT2D eigenvalue weighted by Gasteiger charge is 2.37. The maximum Gasteiger partial charge on any atom is 0.330 e. The molecule has 1 fully saturated rings. The maximum atomic E-state index is 13.9. The van der Waals surface area contributed by atoms with E-state index in [1.54, 1.807) is 6.92 Å². The van der Waals surface area contributed by atoms with E-state index in [2.05, 4.69) is 4.98 Å². The molecule has 7 nitrogen and oxygen atoms in total. The number of nitrogens with one attached hydrogen (secondary N) is 1. The van der Waals surface area contributed by atoms with Crippen LogP contribution in [0.2, 0.25) is 0 Å². The highest BCUT2D eigenvalue weighted by molar-refractivity contribution is 5.68. The van der Waals surface area contributed by atoms with Crippen LogP contribution in [-0.4, -0.2) is 34.4 Å². The Kier molecular flexibility index (Phi) is 4.56. The predicted molar refractivity (Wildman–Crippen MR) is 70.7 cm³/mol. The number of carbonyl (C=O) groups excluding carboxylic acids is 1. The van der Waals surface area contributed by atoms with Gasteiger partial charge in [0.1, 0.15) is 25.1 Å². The first-order valence-corrected chi connectivity index (χ1v) is 6.69. The lowest BCUT2D eigenvalue weighted by Crippen LogP contribution is -2.33. The van der Waals surface area contributed by atoms with Crippen molar-refractivity contribution in [3.8, 4) is 0 Å². The van der Waals surface area contributed by atoms with Crippen LogP contribution in [0.3, 0.4) is 0 Å². The molecule has 21 heavy (non-hydrogen) atoms. The molecule has 0 radical (unpaired) electrons. The Labute approximate surface area is 119 Å². The van der Waals surface area contributed by atoms with Crippen molar-refractivity contribution in [2.24, 2.45) is 0 Å². The number of carbonyl (C=O) groups is 1. The maximum absolute atomic E-state index is 13.9. The van der Waals surface area contributed by atoms with Gasteiger partial charge in [-0.2, -0.15) is 0 Å². The fourth-order valence-corrected chi connectivity index (χ4v) is 2.09. The Balaban J connectivity index is 2.10. The number of hydrogen-bond donors (Lipinski definition) is 1. The molecule has 3 atom stereocenters. The Morgan fingerprint density at radius 1 is 1.57 bits per heavy atom. The van der Waals surface area contributed by atoms with Gasteiger partial charge < -0.3 is 9.47 Å². The average Bonchev–Trinajstić information content (AvgIpc) is 2.81. The standard InChI is InChI=1S/C13H17FN2O5/c1-3-11(17)20-6-9-8(14)4-10(21-9)16-5-7(2)12(18)15-13(16)19/h5,8-10H,3-4,6H2,1-2H3,(H,15,18,19)/t8?,9-,10-/m1/s1. The zero-order valence-corrected chi connectivity index (χ0v) is 11.8. The van der Waals surface area contributed by atoms with E-state index in [-0.39, 0.29) is 19.4 Å². The second-order valence-corrected chi connectivity index (χ2v) is 4.90. The normalized spacial score (nSPS) is 25.0. The molecule has 1 aliphatic rings. The zero-order chi connectivity index (χ0) is 15.6. The summed E-state index contributed by atoms with van der Waals surface area (Å²) in [6, 6.07) is 0. The molecule has 1 aromatic rings. The fraction of sp³-hybridized carbons (Fsp3) is 0.615. The molecule has 116 valence electrons. The van der Waals surface area contributed by atoms with Crippen LogP contribution in [0.25, 0.3) is 0 Å². The topological polar surface area (TPSA) is 90.4 Å². The first kappa shape index (κ1) is 15.4. The van der Waals surface area contributed by atoms with Crippen LogP contribution in [0, 0.1) is 6.92 Å². The summed E-state index contributed by atoms with van der Waals surface area (Å²) in [5.74, 6) is -0.439. The minimum Gasteiger partial charge on any atom is -0.463 e.